The van der Waals surface area contributed by atoms with Gasteiger partial charge in [0.15, 0.2) is 0 Å². The lowest BCUT2D eigenvalue weighted by Gasteiger charge is -2.05. The van der Waals surface area contributed by atoms with Crippen LogP contribution in [0.15, 0.2) is 30.5 Å². The van der Waals surface area contributed by atoms with Crippen molar-refractivity contribution in [2.75, 3.05) is 0 Å². The highest BCUT2D eigenvalue weighted by Gasteiger charge is 2.05. The van der Waals surface area contributed by atoms with Gasteiger partial charge in [-0.15, -0.1) is 0 Å². The van der Waals surface area contributed by atoms with Crippen LogP contribution in [0.1, 0.15) is 0 Å². The molecule has 1 aromatic carbocycles. The summed E-state index contributed by atoms with van der Waals surface area (Å²) in [5.74, 6) is 0.0840. The molecule has 3 nitrogen and oxygen atoms in total. The van der Waals surface area contributed by atoms with Crippen LogP contribution < -0.4 is 4.74 Å². The quantitative estimate of drug-likeness (QED) is 0.829. The minimum atomic E-state index is -2.85. The van der Waals surface area contributed by atoms with E-state index in [1.165, 1.54) is 24.4 Å². The van der Waals surface area contributed by atoms with Gasteiger partial charge in [-0.2, -0.15) is 8.78 Å². The molecule has 0 radical (unpaired) electrons. The Labute approximate surface area is 83.9 Å². The van der Waals surface area contributed by atoms with Gasteiger partial charge in [-0.1, -0.05) is 0 Å². The number of aromatic hydroxyl groups is 1. The SMILES string of the molecule is Oc1cnc2cc(OC(F)F)ccc2c1. The van der Waals surface area contributed by atoms with Crippen molar-refractivity contribution in [3.63, 3.8) is 0 Å². The van der Waals surface area contributed by atoms with Crippen LogP contribution in [0.5, 0.6) is 11.5 Å². The predicted molar refractivity (Wildman–Crippen MR) is 50.0 cm³/mol. The van der Waals surface area contributed by atoms with Crippen LogP contribution in [0.3, 0.4) is 0 Å². The molecule has 2 aromatic rings. The Kier molecular flexibility index (Phi) is 2.37. The summed E-state index contributed by atoms with van der Waals surface area (Å²) in [6.07, 6.45) is 1.24. The van der Waals surface area contributed by atoms with Crippen LogP contribution in [0.4, 0.5) is 8.78 Å². The maximum absolute atomic E-state index is 11.9. The fourth-order valence-corrected chi connectivity index (χ4v) is 1.27. The number of rotatable bonds is 2. The molecule has 0 saturated carbocycles. The second-order valence-electron chi connectivity index (χ2n) is 2.93. The van der Waals surface area contributed by atoms with Gasteiger partial charge in [0, 0.05) is 11.5 Å². The zero-order chi connectivity index (χ0) is 10.8. The Hall–Kier alpha value is -1.91. The smallest absolute Gasteiger partial charge is 0.387 e. The summed E-state index contributed by atoms with van der Waals surface area (Å²) in [5, 5.41) is 9.79. The van der Waals surface area contributed by atoms with Crippen molar-refractivity contribution < 1.29 is 18.6 Å². The van der Waals surface area contributed by atoms with E-state index in [9.17, 15) is 8.78 Å². The van der Waals surface area contributed by atoms with Crippen LogP contribution in [0.25, 0.3) is 10.9 Å². The Morgan fingerprint density at radius 3 is 2.80 bits per heavy atom. The molecule has 0 spiro atoms. The average molecular weight is 211 g/mol. The number of fused-ring (bicyclic) bond motifs is 1. The van der Waals surface area contributed by atoms with E-state index in [4.69, 9.17) is 5.11 Å². The lowest BCUT2D eigenvalue weighted by Crippen LogP contribution is -2.01. The molecule has 0 fully saturated rings. The number of hydrogen-bond donors (Lipinski definition) is 1. The summed E-state index contributed by atoms with van der Waals surface area (Å²) in [6, 6.07) is 5.84. The number of ether oxygens (including phenoxy) is 1. The van der Waals surface area contributed by atoms with E-state index < -0.39 is 6.61 Å². The number of nitrogens with zero attached hydrogens (tertiary/aromatic N) is 1. The molecule has 0 aliphatic rings. The van der Waals surface area contributed by atoms with Crippen molar-refractivity contribution in [3.8, 4) is 11.5 Å². The molecule has 78 valence electrons. The molecule has 0 saturated heterocycles. The van der Waals surface area contributed by atoms with Crippen LogP contribution in [-0.2, 0) is 0 Å². The second kappa shape index (κ2) is 3.68. The first-order valence-electron chi connectivity index (χ1n) is 4.19. The molecule has 0 atom stereocenters. The summed E-state index contributed by atoms with van der Waals surface area (Å²) in [5.41, 5.74) is 0.492. The molecular formula is C10H7F2NO2. The lowest BCUT2D eigenvalue weighted by molar-refractivity contribution is -0.0497. The molecule has 1 aromatic heterocycles. The van der Waals surface area contributed by atoms with E-state index >= 15 is 0 Å². The van der Waals surface area contributed by atoms with Gasteiger partial charge in [-0.25, -0.2) is 0 Å². The zero-order valence-electron chi connectivity index (χ0n) is 7.52. The molecule has 15 heavy (non-hydrogen) atoms. The number of aromatic nitrogens is 1. The number of hydrogen-bond acceptors (Lipinski definition) is 3. The van der Waals surface area contributed by atoms with E-state index in [2.05, 4.69) is 9.72 Å². The molecule has 5 heteroatoms. The van der Waals surface area contributed by atoms with Crippen molar-refractivity contribution in [2.24, 2.45) is 0 Å². The van der Waals surface area contributed by atoms with Crippen molar-refractivity contribution in [1.29, 1.82) is 0 Å². The van der Waals surface area contributed by atoms with E-state index in [1.54, 1.807) is 6.07 Å². The molecule has 0 bridgehead atoms. The third-order valence-corrected chi connectivity index (χ3v) is 1.87. The molecule has 0 aliphatic carbocycles. The Bertz CT molecular complexity index is 488. The van der Waals surface area contributed by atoms with E-state index in [-0.39, 0.29) is 11.5 Å². The Balaban J connectivity index is 2.43. The van der Waals surface area contributed by atoms with Gasteiger partial charge < -0.3 is 9.84 Å². The van der Waals surface area contributed by atoms with Gasteiger partial charge in [0.25, 0.3) is 0 Å². The first kappa shape index (κ1) is 9.64. The van der Waals surface area contributed by atoms with Crippen LogP contribution in [-0.4, -0.2) is 16.7 Å². The molecule has 1 N–H and O–H groups in total. The summed E-state index contributed by atoms with van der Waals surface area (Å²) in [4.78, 5) is 3.87. The number of halogens is 2. The maximum Gasteiger partial charge on any atom is 0.387 e. The largest absolute Gasteiger partial charge is 0.506 e. The zero-order valence-corrected chi connectivity index (χ0v) is 7.52. The molecule has 2 rings (SSSR count). The van der Waals surface area contributed by atoms with Crippen LogP contribution >= 0.6 is 0 Å². The Morgan fingerprint density at radius 2 is 2.07 bits per heavy atom. The Morgan fingerprint density at radius 1 is 1.27 bits per heavy atom. The van der Waals surface area contributed by atoms with E-state index in [0.29, 0.717) is 10.9 Å². The molecule has 0 aliphatic heterocycles. The van der Waals surface area contributed by atoms with E-state index in [1.807, 2.05) is 0 Å². The maximum atomic E-state index is 11.9. The van der Waals surface area contributed by atoms with Gasteiger partial charge in [0.1, 0.15) is 11.5 Å². The average Bonchev–Trinajstić information content (AvgIpc) is 2.17. The first-order valence-corrected chi connectivity index (χ1v) is 4.19. The van der Waals surface area contributed by atoms with Gasteiger partial charge in [-0.3, -0.25) is 4.98 Å². The van der Waals surface area contributed by atoms with Crippen LogP contribution in [0, 0.1) is 0 Å². The fourth-order valence-electron chi connectivity index (χ4n) is 1.27. The third kappa shape index (κ3) is 2.12. The normalized spacial score (nSPS) is 10.9. The summed E-state index contributed by atoms with van der Waals surface area (Å²) >= 11 is 0. The second-order valence-corrected chi connectivity index (χ2v) is 2.93. The molecule has 1 heterocycles. The minimum absolute atomic E-state index is 0.0324. The van der Waals surface area contributed by atoms with Gasteiger partial charge in [0.05, 0.1) is 11.7 Å². The fraction of sp³-hybridized carbons (Fsp3) is 0.100. The van der Waals surface area contributed by atoms with Crippen molar-refractivity contribution in [2.45, 2.75) is 6.61 Å². The molecule has 0 amide bonds. The lowest BCUT2D eigenvalue weighted by atomic mass is 10.2. The van der Waals surface area contributed by atoms with Crippen molar-refractivity contribution in [1.82, 2.24) is 4.98 Å². The van der Waals surface area contributed by atoms with E-state index in [0.717, 1.165) is 0 Å². The predicted octanol–water partition coefficient (Wildman–Crippen LogP) is 2.54. The minimum Gasteiger partial charge on any atom is -0.506 e. The first-order chi connectivity index (χ1) is 7.15. The van der Waals surface area contributed by atoms with Crippen molar-refractivity contribution >= 4 is 10.9 Å². The molecule has 0 unspecified atom stereocenters. The number of alkyl halides is 2. The van der Waals surface area contributed by atoms with Gasteiger partial charge in [-0.05, 0) is 18.2 Å². The highest BCUT2D eigenvalue weighted by molar-refractivity contribution is 5.80. The summed E-state index contributed by atoms with van der Waals surface area (Å²) in [7, 11) is 0. The van der Waals surface area contributed by atoms with Gasteiger partial charge in [0.2, 0.25) is 0 Å². The highest BCUT2D eigenvalue weighted by atomic mass is 19.3. The third-order valence-electron chi connectivity index (χ3n) is 1.87. The van der Waals surface area contributed by atoms with Crippen LogP contribution in [0.2, 0.25) is 0 Å². The topological polar surface area (TPSA) is 42.4 Å². The number of benzene rings is 1. The highest BCUT2D eigenvalue weighted by Crippen LogP contribution is 2.22. The summed E-state index contributed by atoms with van der Waals surface area (Å²) < 4.78 is 28.0. The molecular weight excluding hydrogens is 204 g/mol. The van der Waals surface area contributed by atoms with Crippen molar-refractivity contribution in [3.05, 3.63) is 30.5 Å². The monoisotopic (exact) mass is 211 g/mol. The standard InChI is InChI=1S/C10H7F2NO2/c11-10(12)15-8-2-1-6-3-7(14)5-13-9(6)4-8/h1-5,10,14H. The number of pyridine rings is 1. The summed E-state index contributed by atoms with van der Waals surface area (Å²) in [6.45, 7) is -2.85. The van der Waals surface area contributed by atoms with Gasteiger partial charge >= 0.3 is 6.61 Å².